The van der Waals surface area contributed by atoms with E-state index < -0.39 is 15.7 Å². The molecule has 0 heterocycles. The molecule has 1 atom stereocenters. The van der Waals surface area contributed by atoms with Gasteiger partial charge in [0.25, 0.3) is 0 Å². The number of rotatable bonds is 6. The average Bonchev–Trinajstić information content (AvgIpc) is 2.73. The lowest BCUT2D eigenvalue weighted by molar-refractivity contribution is 0.408. The molecule has 0 fully saturated rings. The summed E-state index contributed by atoms with van der Waals surface area (Å²) in [7, 11) is 0.491. The van der Waals surface area contributed by atoms with Gasteiger partial charge in [0.1, 0.15) is 19.3 Å². The molecule has 3 rings (SSSR count). The van der Waals surface area contributed by atoms with Crippen LogP contribution in [0.3, 0.4) is 0 Å². The summed E-state index contributed by atoms with van der Waals surface area (Å²) in [5.74, 6) is 1.85. The van der Waals surface area contributed by atoms with E-state index in [-0.39, 0.29) is 5.16 Å². The smallest absolute Gasteiger partial charge is 0.124 e. The maximum absolute atomic E-state index is 13.7. The average molecular weight is 483 g/mol. The summed E-state index contributed by atoms with van der Waals surface area (Å²) in [4.78, 5) is 0. The summed E-state index contributed by atoms with van der Waals surface area (Å²) in [5.41, 5.74) is 4.46. The number of hydrogen-bond acceptors (Lipinski definition) is 3. The van der Waals surface area contributed by atoms with E-state index in [1.165, 1.54) is 15.9 Å². The Morgan fingerprint density at radius 1 is 0.727 bits per heavy atom. The number of methoxy groups -OCH3 is 2. The van der Waals surface area contributed by atoms with Crippen molar-refractivity contribution in [2.24, 2.45) is 0 Å². The lowest BCUT2D eigenvalue weighted by Crippen LogP contribution is -2.32. The molecule has 0 saturated heterocycles. The molecule has 33 heavy (non-hydrogen) atoms. The topological polar surface area (TPSA) is 35.5 Å². The van der Waals surface area contributed by atoms with E-state index >= 15 is 0 Å². The van der Waals surface area contributed by atoms with E-state index in [1.54, 1.807) is 14.2 Å². The van der Waals surface area contributed by atoms with Gasteiger partial charge in [0, 0.05) is 10.5 Å². The minimum Gasteiger partial charge on any atom is -0.496 e. The minimum atomic E-state index is -2.02. The predicted molar refractivity (Wildman–Crippen MR) is 146 cm³/mol. The summed E-state index contributed by atoms with van der Waals surface area (Å²) in [6.07, 6.45) is 0. The quantitative estimate of drug-likeness (QED) is 0.424. The molecule has 0 spiro atoms. The maximum atomic E-state index is 13.7. The Bertz CT molecular complexity index is 1090. The van der Waals surface area contributed by atoms with Crippen LogP contribution in [0.25, 0.3) is 0 Å². The van der Waals surface area contributed by atoms with Gasteiger partial charge < -0.3 is 14.0 Å². The molecule has 0 aliphatic heterocycles. The molecule has 0 aliphatic rings. The van der Waals surface area contributed by atoms with Gasteiger partial charge in [0.05, 0.1) is 14.2 Å². The first-order valence-electron chi connectivity index (χ1n) is 11.2. The summed E-state index contributed by atoms with van der Waals surface area (Å²) in [6.45, 7) is 14.6. The zero-order valence-corrected chi connectivity index (χ0v) is 23.2. The van der Waals surface area contributed by atoms with Crippen LogP contribution in [0.1, 0.15) is 43.0 Å². The van der Waals surface area contributed by atoms with Crippen LogP contribution >= 0.6 is 15.7 Å². The van der Waals surface area contributed by atoms with Gasteiger partial charge in [-0.1, -0.05) is 45.0 Å². The molecule has 0 aromatic heterocycles. The van der Waals surface area contributed by atoms with Gasteiger partial charge in [-0.25, -0.2) is 0 Å². The molecule has 3 aromatic rings. The van der Waals surface area contributed by atoms with E-state index in [2.05, 4.69) is 90.9 Å². The summed E-state index contributed by atoms with van der Waals surface area (Å²) >= 11 is 0. The first-order valence-corrected chi connectivity index (χ1v) is 14.0. The second-order valence-corrected chi connectivity index (χ2v) is 14.5. The van der Waals surface area contributed by atoms with Crippen molar-refractivity contribution in [3.05, 3.63) is 70.8 Å². The molecule has 3 aromatic carbocycles. The van der Waals surface area contributed by atoms with Crippen molar-refractivity contribution in [3.8, 4) is 11.5 Å². The van der Waals surface area contributed by atoms with Gasteiger partial charge in [-0.15, -0.1) is 0 Å². The zero-order valence-electron chi connectivity index (χ0n) is 21.3. The molecule has 0 amide bonds. The zero-order chi connectivity index (χ0) is 24.5. The minimum absolute atomic E-state index is 0.279. The second-order valence-electron chi connectivity index (χ2n) is 9.66. The molecule has 0 radical (unpaired) electrons. The highest BCUT2D eigenvalue weighted by Gasteiger charge is 2.28. The standard InChI is InChI=1S/C28H36O3P2/c1-18-14-22(15-19(2)26(18)30-8)32(23-16-20(3)27(31-9)21(4)17-23)24-12-10-11-13-25(24)33(29)28(5,6)7/h10-17,33H,1-9H3. The molecule has 5 heteroatoms. The van der Waals surface area contributed by atoms with Gasteiger partial charge >= 0.3 is 0 Å². The molecule has 0 saturated carbocycles. The fourth-order valence-electron chi connectivity index (χ4n) is 4.45. The van der Waals surface area contributed by atoms with Gasteiger partial charge in [-0.3, -0.25) is 0 Å². The van der Waals surface area contributed by atoms with Crippen LogP contribution in [0.4, 0.5) is 0 Å². The molecule has 0 N–H and O–H groups in total. The van der Waals surface area contributed by atoms with Crippen molar-refractivity contribution in [1.82, 2.24) is 0 Å². The maximum Gasteiger partial charge on any atom is 0.124 e. The molecular weight excluding hydrogens is 446 g/mol. The first-order chi connectivity index (χ1) is 15.5. The van der Waals surface area contributed by atoms with Gasteiger partial charge in [-0.2, -0.15) is 0 Å². The van der Waals surface area contributed by atoms with Crippen LogP contribution in [0.5, 0.6) is 11.5 Å². The first kappa shape index (κ1) is 25.5. The SMILES string of the molecule is COc1c(C)cc(P(c2cc(C)c(OC)c(C)c2)c2ccccc2[PH](=O)C(C)(C)C)cc1C. The monoisotopic (exact) mass is 482 g/mol. The second kappa shape index (κ2) is 10.0. The number of ether oxygens (including phenoxy) is 2. The molecule has 0 aliphatic carbocycles. The Kier molecular flexibility index (Phi) is 7.77. The van der Waals surface area contributed by atoms with Crippen LogP contribution in [0.2, 0.25) is 0 Å². The number of benzene rings is 3. The van der Waals surface area contributed by atoms with Crippen LogP contribution < -0.4 is 30.7 Å². The van der Waals surface area contributed by atoms with Crippen molar-refractivity contribution >= 4 is 36.9 Å². The van der Waals surface area contributed by atoms with Crippen LogP contribution in [-0.2, 0) is 4.57 Å². The van der Waals surface area contributed by atoms with Gasteiger partial charge in [-0.05, 0) is 98.0 Å². The van der Waals surface area contributed by atoms with Crippen molar-refractivity contribution in [3.63, 3.8) is 0 Å². The van der Waals surface area contributed by atoms with E-state index in [9.17, 15) is 4.57 Å². The van der Waals surface area contributed by atoms with Crippen LogP contribution in [-0.4, -0.2) is 19.4 Å². The molecule has 1 unspecified atom stereocenters. The van der Waals surface area contributed by atoms with Gasteiger partial charge in [0.2, 0.25) is 0 Å². The summed E-state index contributed by atoms with van der Waals surface area (Å²) < 4.78 is 25.0. The molecular formula is C28H36O3P2. The Labute approximate surface area is 201 Å². The highest BCUT2D eigenvalue weighted by molar-refractivity contribution is 7.81. The molecule has 3 nitrogen and oxygen atoms in total. The van der Waals surface area contributed by atoms with E-state index in [0.717, 1.165) is 39.1 Å². The fourth-order valence-corrected chi connectivity index (χ4v) is 9.16. The van der Waals surface area contributed by atoms with Crippen LogP contribution in [0.15, 0.2) is 48.5 Å². The highest BCUT2D eigenvalue weighted by Crippen LogP contribution is 2.42. The fraction of sp³-hybridized carbons (Fsp3) is 0.357. The lowest BCUT2D eigenvalue weighted by Gasteiger charge is -2.27. The van der Waals surface area contributed by atoms with Crippen molar-refractivity contribution in [2.75, 3.05) is 14.2 Å². The normalized spacial score (nSPS) is 12.7. The lowest BCUT2D eigenvalue weighted by atomic mass is 10.1. The Hall–Kier alpha value is -2.08. The van der Waals surface area contributed by atoms with E-state index in [0.29, 0.717) is 0 Å². The van der Waals surface area contributed by atoms with Crippen LogP contribution in [0, 0.1) is 27.7 Å². The number of hydrogen-bond donors (Lipinski definition) is 0. The predicted octanol–water partition coefficient (Wildman–Crippen LogP) is 5.68. The molecule has 176 valence electrons. The van der Waals surface area contributed by atoms with E-state index in [1.807, 2.05) is 6.07 Å². The Balaban J connectivity index is 2.35. The Morgan fingerprint density at radius 3 is 1.48 bits per heavy atom. The third-order valence-electron chi connectivity index (χ3n) is 5.89. The van der Waals surface area contributed by atoms with Crippen molar-refractivity contribution in [2.45, 2.75) is 53.6 Å². The third-order valence-corrected chi connectivity index (χ3v) is 10.8. The van der Waals surface area contributed by atoms with Crippen molar-refractivity contribution in [1.29, 1.82) is 0 Å². The highest BCUT2D eigenvalue weighted by atomic mass is 31.1. The number of aryl methyl sites for hydroxylation is 4. The third kappa shape index (κ3) is 5.21. The molecule has 0 bridgehead atoms. The van der Waals surface area contributed by atoms with Gasteiger partial charge in [0.15, 0.2) is 0 Å². The Morgan fingerprint density at radius 2 is 1.12 bits per heavy atom. The largest absolute Gasteiger partial charge is 0.496 e. The summed E-state index contributed by atoms with van der Waals surface area (Å²) in [5, 5.41) is 4.35. The summed E-state index contributed by atoms with van der Waals surface area (Å²) in [6, 6.07) is 17.2. The van der Waals surface area contributed by atoms with E-state index in [4.69, 9.17) is 9.47 Å². The van der Waals surface area contributed by atoms with Crippen molar-refractivity contribution < 1.29 is 14.0 Å².